The van der Waals surface area contributed by atoms with E-state index in [9.17, 15) is 4.79 Å². The summed E-state index contributed by atoms with van der Waals surface area (Å²) >= 11 is 0. The molecule has 8 heteroatoms. The van der Waals surface area contributed by atoms with Crippen molar-refractivity contribution in [2.24, 2.45) is 0 Å². The van der Waals surface area contributed by atoms with Gasteiger partial charge >= 0.3 is 45.9 Å². The van der Waals surface area contributed by atoms with Crippen LogP contribution in [-0.4, -0.2) is 30.1 Å². The first-order valence-corrected chi connectivity index (χ1v) is 4.00. The Bertz CT molecular complexity index is 195. The van der Waals surface area contributed by atoms with Gasteiger partial charge in [0.15, 0.2) is 0 Å². The van der Waals surface area contributed by atoms with Crippen LogP contribution in [0, 0.1) is 0 Å². The molecule has 0 aliphatic heterocycles. The van der Waals surface area contributed by atoms with Crippen molar-refractivity contribution in [1.29, 1.82) is 0 Å². The molecule has 0 aliphatic carbocycles. The Morgan fingerprint density at radius 2 is 1.75 bits per heavy atom. The summed E-state index contributed by atoms with van der Waals surface area (Å²) in [6.45, 7) is 3.65. The molecule has 0 fully saturated rings. The monoisotopic (exact) mass is 210 g/mol. The van der Waals surface area contributed by atoms with Gasteiger partial charge in [0.25, 0.3) is 0 Å². The number of ether oxygens (including phenoxy) is 1. The summed E-state index contributed by atoms with van der Waals surface area (Å²) in [6.07, 6.45) is 0. The maximum Gasteiger partial charge on any atom is 1.00 e. The van der Waals surface area contributed by atoms with Crippen LogP contribution < -0.4 is 29.6 Å². The average molecular weight is 210 g/mol. The normalized spacial score (nSPS) is 8.67. The zero-order chi connectivity index (χ0) is 9.49. The first kappa shape index (κ1) is 18.2. The molecule has 6 nitrogen and oxygen atoms in total. The summed E-state index contributed by atoms with van der Waals surface area (Å²) in [6, 6.07) is 0. The molecular weight excluding hydrogens is 199 g/mol. The summed E-state index contributed by atoms with van der Waals surface area (Å²) in [5.74, 6) is -0.211. The molecule has 0 aromatic rings. The molecule has 0 unspecified atom stereocenters. The summed E-state index contributed by atoms with van der Waals surface area (Å²) in [5.41, 5.74) is 0. The molecule has 0 aromatic heterocycles. The summed E-state index contributed by atoms with van der Waals surface area (Å²) in [5, 5.41) is 0. The van der Waals surface area contributed by atoms with Gasteiger partial charge in [-0.25, -0.2) is 0 Å². The average Bonchev–Trinajstić information content (AvgIpc) is 1.58. The smallest absolute Gasteiger partial charge is 1.00 e. The first-order chi connectivity index (χ1) is 4.77. The van der Waals surface area contributed by atoms with Crippen LogP contribution in [0.15, 0.2) is 0 Å². The molecule has 2 N–H and O–H groups in total. The molecule has 0 saturated heterocycles. The third kappa shape index (κ3) is 80.9. The third-order valence-corrected chi connectivity index (χ3v) is 0.348. The molecule has 0 radical (unpaired) electrons. The summed E-state index contributed by atoms with van der Waals surface area (Å²) < 4.78 is 36.0. The quantitative estimate of drug-likeness (QED) is 0.272. The fourth-order valence-electron chi connectivity index (χ4n) is 0.203. The predicted octanol–water partition coefficient (Wildman–Crippen LogP) is -2.97. The van der Waals surface area contributed by atoms with Gasteiger partial charge in [0.05, 0.1) is 6.61 Å². The molecule has 0 rings (SSSR count). The molecule has 0 spiro atoms. The minimum atomic E-state index is -4.67. The number of hydrogen-bond acceptors (Lipinski definition) is 4. The Labute approximate surface area is 94.6 Å². The zero-order valence-electron chi connectivity index (χ0n) is 8.14. The van der Waals surface area contributed by atoms with Crippen LogP contribution in [0.4, 0.5) is 0 Å². The Morgan fingerprint density at radius 3 is 1.75 bits per heavy atom. The first-order valence-electron chi connectivity index (χ1n) is 2.60. The van der Waals surface area contributed by atoms with Crippen LogP contribution in [-0.2, 0) is 19.9 Å². The Morgan fingerprint density at radius 1 is 1.50 bits per heavy atom. The van der Waals surface area contributed by atoms with Crippen molar-refractivity contribution in [3.8, 4) is 0 Å². The van der Waals surface area contributed by atoms with Crippen molar-refractivity contribution in [2.75, 3.05) is 6.61 Å². The van der Waals surface area contributed by atoms with Crippen molar-refractivity contribution in [1.82, 2.24) is 0 Å². The summed E-state index contributed by atoms with van der Waals surface area (Å²) in [7, 11) is -4.67. The van der Waals surface area contributed by atoms with E-state index in [4.69, 9.17) is 17.5 Å². The number of rotatable bonds is 1. The molecule has 0 aromatic carbocycles. The van der Waals surface area contributed by atoms with Gasteiger partial charge in [-0.15, -0.1) is 0 Å². The third-order valence-electron chi connectivity index (χ3n) is 0.348. The number of carbonyl (C=O) groups excluding carboxylic acids is 1. The minimum absolute atomic E-state index is 0. The van der Waals surface area contributed by atoms with E-state index in [2.05, 4.69) is 4.74 Å². The molecule has 0 amide bonds. The van der Waals surface area contributed by atoms with Crippen LogP contribution in [0.1, 0.15) is 15.3 Å². The van der Waals surface area contributed by atoms with E-state index in [1.54, 1.807) is 6.92 Å². The predicted molar refractivity (Wildman–Crippen MR) is 37.6 cm³/mol. The van der Waals surface area contributed by atoms with Crippen LogP contribution in [0.3, 0.4) is 0 Å². The second-order valence-corrected chi connectivity index (χ2v) is 2.27. The Kier molecular flexibility index (Phi) is 14.3. The van der Waals surface area contributed by atoms with Crippen molar-refractivity contribution in [3.05, 3.63) is 0 Å². The van der Waals surface area contributed by atoms with Crippen LogP contribution >= 0.6 is 0 Å². The van der Waals surface area contributed by atoms with E-state index < -0.39 is 10.4 Å². The largest absolute Gasteiger partial charge is 1.00 e. The van der Waals surface area contributed by atoms with Gasteiger partial charge in [-0.1, -0.05) is 0 Å². The van der Waals surface area contributed by atoms with E-state index in [0.29, 0.717) is 6.61 Å². The van der Waals surface area contributed by atoms with Crippen LogP contribution in [0.2, 0.25) is 0 Å². The van der Waals surface area contributed by atoms with Gasteiger partial charge < -0.3 is 6.16 Å². The van der Waals surface area contributed by atoms with E-state index in [0.717, 1.165) is 0 Å². The number of esters is 1. The van der Waals surface area contributed by atoms with Crippen molar-refractivity contribution in [2.45, 2.75) is 13.8 Å². The second kappa shape index (κ2) is 9.43. The van der Waals surface area contributed by atoms with E-state index in [1.807, 2.05) is 0 Å². The van der Waals surface area contributed by atoms with Crippen LogP contribution in [0.5, 0.6) is 0 Å². The SMILES string of the molecule is CCOC(C)=O.O=S(=O)(O)O.[H-].[Na+]. The fraction of sp³-hybridized carbons (Fsp3) is 0.750. The molecular formula is C4H11NaO6S. The molecule has 0 saturated carbocycles. The fourth-order valence-corrected chi connectivity index (χ4v) is 0.203. The van der Waals surface area contributed by atoms with Crippen molar-refractivity contribution < 1.29 is 58.0 Å². The molecule has 0 heterocycles. The summed E-state index contributed by atoms with van der Waals surface area (Å²) in [4.78, 5) is 9.82. The van der Waals surface area contributed by atoms with Gasteiger partial charge in [-0.3, -0.25) is 13.9 Å². The second-order valence-electron chi connectivity index (χ2n) is 1.37. The van der Waals surface area contributed by atoms with Gasteiger partial charge in [0.1, 0.15) is 0 Å². The zero-order valence-corrected chi connectivity index (χ0v) is 9.96. The van der Waals surface area contributed by atoms with Crippen molar-refractivity contribution in [3.63, 3.8) is 0 Å². The topological polar surface area (TPSA) is 101 Å². The van der Waals surface area contributed by atoms with Gasteiger partial charge in [0, 0.05) is 6.92 Å². The Hall–Kier alpha value is 0.340. The molecule has 70 valence electrons. The van der Waals surface area contributed by atoms with E-state index in [1.165, 1.54) is 6.92 Å². The van der Waals surface area contributed by atoms with E-state index in [-0.39, 0.29) is 37.0 Å². The molecule has 12 heavy (non-hydrogen) atoms. The maximum atomic E-state index is 9.82. The van der Waals surface area contributed by atoms with Crippen molar-refractivity contribution >= 4 is 16.4 Å². The maximum absolute atomic E-state index is 9.82. The van der Waals surface area contributed by atoms with E-state index >= 15 is 0 Å². The number of carbonyl (C=O) groups is 1. The molecule has 0 atom stereocenters. The van der Waals surface area contributed by atoms with Gasteiger partial charge in [-0.05, 0) is 6.92 Å². The molecule has 0 aliphatic rings. The Balaban J connectivity index is -0.0000000546. The minimum Gasteiger partial charge on any atom is -1.00 e. The van der Waals surface area contributed by atoms with Crippen LogP contribution in [0.25, 0.3) is 0 Å². The molecule has 0 bridgehead atoms. The number of hydrogen-bond donors (Lipinski definition) is 2. The van der Waals surface area contributed by atoms with Gasteiger partial charge in [0.2, 0.25) is 0 Å². The standard InChI is InChI=1S/C4H8O2.Na.H2O4S.H/c1-3-6-4(2)5;;1-5(2,3)4;/h3H2,1-2H3;;(H2,1,2,3,4);/q;+1;;-1. The van der Waals surface area contributed by atoms with Gasteiger partial charge in [-0.2, -0.15) is 8.42 Å².